The SMILES string of the molecule is COCc1cccc(OCCNCCc2ccsc2)c1. The third kappa shape index (κ3) is 5.33. The number of benzene rings is 1. The van der Waals surface area contributed by atoms with Crippen molar-refractivity contribution in [1.29, 1.82) is 0 Å². The first-order valence-corrected chi connectivity index (χ1v) is 7.75. The van der Waals surface area contributed by atoms with Crippen LogP contribution in [0.5, 0.6) is 5.75 Å². The van der Waals surface area contributed by atoms with Gasteiger partial charge in [0.1, 0.15) is 12.4 Å². The highest BCUT2D eigenvalue weighted by molar-refractivity contribution is 7.07. The highest BCUT2D eigenvalue weighted by atomic mass is 32.1. The Balaban J connectivity index is 1.59. The summed E-state index contributed by atoms with van der Waals surface area (Å²) in [5.74, 6) is 0.902. The first kappa shape index (κ1) is 15.0. The highest BCUT2D eigenvalue weighted by Crippen LogP contribution is 2.13. The molecule has 0 saturated heterocycles. The number of methoxy groups -OCH3 is 1. The predicted octanol–water partition coefficient (Wildman–Crippen LogP) is 3.11. The van der Waals surface area contributed by atoms with Gasteiger partial charge in [-0.25, -0.2) is 0 Å². The lowest BCUT2D eigenvalue weighted by atomic mass is 10.2. The molecule has 3 nitrogen and oxygen atoms in total. The maximum atomic E-state index is 5.71. The van der Waals surface area contributed by atoms with E-state index in [9.17, 15) is 0 Å². The average molecular weight is 291 g/mol. The van der Waals surface area contributed by atoms with Crippen LogP contribution in [0.25, 0.3) is 0 Å². The molecular weight excluding hydrogens is 270 g/mol. The molecule has 4 heteroatoms. The molecule has 1 heterocycles. The van der Waals surface area contributed by atoms with Crippen LogP contribution >= 0.6 is 11.3 Å². The summed E-state index contributed by atoms with van der Waals surface area (Å²) < 4.78 is 10.8. The van der Waals surface area contributed by atoms with Crippen LogP contribution in [-0.2, 0) is 17.8 Å². The first-order chi connectivity index (χ1) is 9.88. The molecule has 0 unspecified atom stereocenters. The van der Waals surface area contributed by atoms with Crippen LogP contribution in [0, 0.1) is 0 Å². The van der Waals surface area contributed by atoms with Gasteiger partial charge in [0.15, 0.2) is 0 Å². The second kappa shape index (κ2) is 8.74. The summed E-state index contributed by atoms with van der Waals surface area (Å²) >= 11 is 1.75. The van der Waals surface area contributed by atoms with Gasteiger partial charge < -0.3 is 14.8 Å². The third-order valence-corrected chi connectivity index (χ3v) is 3.66. The summed E-state index contributed by atoms with van der Waals surface area (Å²) in [6.45, 7) is 3.15. The van der Waals surface area contributed by atoms with Crippen molar-refractivity contribution in [1.82, 2.24) is 5.32 Å². The Kier molecular flexibility index (Phi) is 6.57. The Morgan fingerprint density at radius 2 is 2.10 bits per heavy atom. The van der Waals surface area contributed by atoms with E-state index in [1.165, 1.54) is 5.56 Å². The number of hydrogen-bond acceptors (Lipinski definition) is 4. The smallest absolute Gasteiger partial charge is 0.119 e. The van der Waals surface area contributed by atoms with Crippen molar-refractivity contribution in [3.05, 3.63) is 52.2 Å². The summed E-state index contributed by atoms with van der Waals surface area (Å²) in [4.78, 5) is 0. The van der Waals surface area contributed by atoms with Crippen molar-refractivity contribution in [3.8, 4) is 5.75 Å². The van der Waals surface area contributed by atoms with Crippen LogP contribution in [-0.4, -0.2) is 26.8 Å². The lowest BCUT2D eigenvalue weighted by molar-refractivity contribution is 0.184. The molecule has 0 saturated carbocycles. The van der Waals surface area contributed by atoms with Gasteiger partial charge in [0.05, 0.1) is 6.61 Å². The zero-order chi connectivity index (χ0) is 14.0. The third-order valence-electron chi connectivity index (χ3n) is 2.93. The van der Waals surface area contributed by atoms with Crippen LogP contribution in [0.1, 0.15) is 11.1 Å². The molecule has 0 atom stereocenters. The fourth-order valence-electron chi connectivity index (χ4n) is 1.93. The molecule has 0 radical (unpaired) electrons. The van der Waals surface area contributed by atoms with E-state index in [-0.39, 0.29) is 0 Å². The van der Waals surface area contributed by atoms with Crippen molar-refractivity contribution < 1.29 is 9.47 Å². The molecule has 0 bridgehead atoms. The van der Waals surface area contributed by atoms with Crippen LogP contribution in [0.4, 0.5) is 0 Å². The normalized spacial score (nSPS) is 10.7. The second-order valence-corrected chi connectivity index (χ2v) is 5.34. The Bertz CT molecular complexity index is 485. The molecular formula is C16H21NO2S. The van der Waals surface area contributed by atoms with E-state index in [0.29, 0.717) is 13.2 Å². The number of ether oxygens (including phenoxy) is 2. The summed E-state index contributed by atoms with van der Waals surface area (Å²) in [7, 11) is 1.70. The molecule has 0 amide bonds. The molecule has 1 aromatic carbocycles. The quantitative estimate of drug-likeness (QED) is 0.720. The van der Waals surface area contributed by atoms with Crippen LogP contribution in [0.3, 0.4) is 0 Å². The topological polar surface area (TPSA) is 30.5 Å². The molecule has 0 fully saturated rings. The minimum Gasteiger partial charge on any atom is -0.492 e. The second-order valence-electron chi connectivity index (χ2n) is 4.56. The summed E-state index contributed by atoms with van der Waals surface area (Å²) in [6, 6.07) is 10.2. The van der Waals surface area contributed by atoms with Crippen molar-refractivity contribution in [2.24, 2.45) is 0 Å². The first-order valence-electron chi connectivity index (χ1n) is 6.81. The van der Waals surface area contributed by atoms with Gasteiger partial charge in [0.25, 0.3) is 0 Å². The van der Waals surface area contributed by atoms with Gasteiger partial charge in [-0.2, -0.15) is 11.3 Å². The monoisotopic (exact) mass is 291 g/mol. The van der Waals surface area contributed by atoms with Crippen LogP contribution in [0.15, 0.2) is 41.1 Å². The van der Waals surface area contributed by atoms with Crippen molar-refractivity contribution in [3.63, 3.8) is 0 Å². The predicted molar refractivity (Wildman–Crippen MR) is 83.5 cm³/mol. The van der Waals surface area contributed by atoms with Gasteiger partial charge >= 0.3 is 0 Å². The van der Waals surface area contributed by atoms with E-state index in [4.69, 9.17) is 9.47 Å². The number of thiophene rings is 1. The standard InChI is InChI=1S/C16H21NO2S/c1-18-12-15-3-2-4-16(11-15)19-9-8-17-7-5-14-6-10-20-13-14/h2-4,6,10-11,13,17H,5,7-9,12H2,1H3. The molecule has 0 aliphatic heterocycles. The van der Waals surface area contributed by atoms with Gasteiger partial charge in [-0.1, -0.05) is 12.1 Å². The van der Waals surface area contributed by atoms with Gasteiger partial charge in [-0.15, -0.1) is 0 Å². The molecule has 1 N–H and O–H groups in total. The minimum atomic E-state index is 0.621. The Morgan fingerprint density at radius 3 is 2.90 bits per heavy atom. The van der Waals surface area contributed by atoms with Gasteiger partial charge in [-0.3, -0.25) is 0 Å². The van der Waals surface area contributed by atoms with Gasteiger partial charge in [0, 0.05) is 13.7 Å². The maximum Gasteiger partial charge on any atom is 0.119 e. The van der Waals surface area contributed by atoms with Crippen LogP contribution in [0.2, 0.25) is 0 Å². The average Bonchev–Trinajstić information content (AvgIpc) is 2.97. The van der Waals surface area contributed by atoms with Gasteiger partial charge in [0.2, 0.25) is 0 Å². The van der Waals surface area contributed by atoms with Gasteiger partial charge in [-0.05, 0) is 53.1 Å². The molecule has 2 rings (SSSR count). The summed E-state index contributed by atoms with van der Waals surface area (Å²) in [5.41, 5.74) is 2.53. The lowest BCUT2D eigenvalue weighted by Crippen LogP contribution is -2.23. The van der Waals surface area contributed by atoms with Crippen molar-refractivity contribution in [2.75, 3.05) is 26.8 Å². The Labute approximate surface area is 124 Å². The molecule has 0 aliphatic rings. The minimum absolute atomic E-state index is 0.621. The molecule has 0 aliphatic carbocycles. The largest absolute Gasteiger partial charge is 0.492 e. The van der Waals surface area contributed by atoms with E-state index in [0.717, 1.165) is 30.8 Å². The number of hydrogen-bond donors (Lipinski definition) is 1. The van der Waals surface area contributed by atoms with E-state index in [1.807, 2.05) is 24.3 Å². The van der Waals surface area contributed by atoms with Crippen molar-refractivity contribution >= 4 is 11.3 Å². The molecule has 2 aromatic rings. The van der Waals surface area contributed by atoms with E-state index < -0.39 is 0 Å². The Morgan fingerprint density at radius 1 is 1.15 bits per heavy atom. The van der Waals surface area contributed by atoms with E-state index in [2.05, 4.69) is 22.1 Å². The zero-order valence-corrected chi connectivity index (χ0v) is 12.6. The Hall–Kier alpha value is -1.36. The fraction of sp³-hybridized carbons (Fsp3) is 0.375. The maximum absolute atomic E-state index is 5.71. The van der Waals surface area contributed by atoms with E-state index >= 15 is 0 Å². The van der Waals surface area contributed by atoms with E-state index in [1.54, 1.807) is 18.4 Å². The zero-order valence-electron chi connectivity index (χ0n) is 11.8. The molecule has 1 aromatic heterocycles. The highest BCUT2D eigenvalue weighted by Gasteiger charge is 1.97. The molecule has 108 valence electrons. The number of nitrogens with one attached hydrogen (secondary N) is 1. The molecule has 20 heavy (non-hydrogen) atoms. The summed E-state index contributed by atoms with van der Waals surface area (Å²) in [6.07, 6.45) is 1.08. The lowest BCUT2D eigenvalue weighted by Gasteiger charge is -2.08. The molecule has 0 spiro atoms. The van der Waals surface area contributed by atoms with Crippen molar-refractivity contribution in [2.45, 2.75) is 13.0 Å². The summed E-state index contributed by atoms with van der Waals surface area (Å²) in [5, 5.41) is 7.70. The fourth-order valence-corrected chi connectivity index (χ4v) is 2.63. The van der Waals surface area contributed by atoms with Crippen LogP contribution < -0.4 is 10.1 Å². The number of rotatable bonds is 9.